The zero-order valence-electron chi connectivity index (χ0n) is 9.07. The molecule has 1 aromatic carbocycles. The molecule has 4 heteroatoms. The fourth-order valence-corrected chi connectivity index (χ4v) is 2.90. The van der Waals surface area contributed by atoms with Crippen molar-refractivity contribution < 1.29 is 0 Å². The van der Waals surface area contributed by atoms with Crippen molar-refractivity contribution in [1.82, 2.24) is 9.69 Å². The summed E-state index contributed by atoms with van der Waals surface area (Å²) in [6.45, 7) is 2.20. The maximum Gasteiger partial charge on any atom is 0.147 e. The van der Waals surface area contributed by atoms with Gasteiger partial charge in [-0.05, 0) is 43.1 Å². The van der Waals surface area contributed by atoms with E-state index in [1.807, 2.05) is 0 Å². The smallest absolute Gasteiger partial charge is 0.147 e. The van der Waals surface area contributed by atoms with Crippen LogP contribution in [0.4, 0.5) is 5.82 Å². The van der Waals surface area contributed by atoms with Crippen LogP contribution >= 0.6 is 11.5 Å². The third-order valence-corrected chi connectivity index (χ3v) is 3.84. The molecule has 0 spiro atoms. The molecule has 0 saturated carbocycles. The van der Waals surface area contributed by atoms with Crippen LogP contribution in [-0.2, 0) is 0 Å². The molecule has 0 amide bonds. The minimum atomic E-state index is 0.527. The molecule has 1 aliphatic heterocycles. The molecule has 2 heterocycles. The van der Waals surface area contributed by atoms with Crippen molar-refractivity contribution in [3.8, 4) is 0 Å². The zero-order valence-corrected chi connectivity index (χ0v) is 9.89. The normalized spacial score (nSPS) is 21.1. The van der Waals surface area contributed by atoms with Gasteiger partial charge in [0.1, 0.15) is 5.82 Å². The van der Waals surface area contributed by atoms with Crippen molar-refractivity contribution in [2.24, 2.45) is 0 Å². The molecule has 1 aromatic heterocycles. The topological polar surface area (TPSA) is 37.0 Å². The fraction of sp³-hybridized carbons (Fsp3) is 0.417. The average molecular weight is 233 g/mol. The monoisotopic (exact) mass is 233 g/mol. The van der Waals surface area contributed by atoms with Crippen LogP contribution in [0.25, 0.3) is 10.1 Å². The Hall–Kier alpha value is -1.13. The Morgan fingerprint density at radius 1 is 1.38 bits per heavy atom. The quantitative estimate of drug-likeness (QED) is 0.836. The van der Waals surface area contributed by atoms with Crippen LogP contribution in [0, 0.1) is 0 Å². The van der Waals surface area contributed by atoms with Crippen molar-refractivity contribution in [3.63, 3.8) is 0 Å². The van der Waals surface area contributed by atoms with E-state index in [2.05, 4.69) is 39.3 Å². The van der Waals surface area contributed by atoms with E-state index in [4.69, 9.17) is 0 Å². The first-order chi connectivity index (χ1) is 7.93. The SMILES string of the molecule is c1ccc2c(N[C@H]3CCCNC3)nsc2c1. The van der Waals surface area contributed by atoms with E-state index in [-0.39, 0.29) is 0 Å². The lowest BCUT2D eigenvalue weighted by molar-refractivity contribution is 0.479. The van der Waals surface area contributed by atoms with E-state index in [0.717, 1.165) is 18.9 Å². The summed E-state index contributed by atoms with van der Waals surface area (Å²) in [7, 11) is 0. The molecule has 1 fully saturated rings. The van der Waals surface area contributed by atoms with E-state index in [1.165, 1.54) is 22.9 Å². The molecule has 2 N–H and O–H groups in total. The Balaban J connectivity index is 1.83. The second kappa shape index (κ2) is 4.39. The van der Waals surface area contributed by atoms with Crippen LogP contribution in [0.5, 0.6) is 0 Å². The Labute approximate surface area is 99.0 Å². The molecule has 2 aromatic rings. The molecule has 1 aliphatic rings. The second-order valence-electron chi connectivity index (χ2n) is 4.21. The van der Waals surface area contributed by atoms with Gasteiger partial charge >= 0.3 is 0 Å². The van der Waals surface area contributed by atoms with Crippen LogP contribution in [0.2, 0.25) is 0 Å². The van der Waals surface area contributed by atoms with Crippen molar-refractivity contribution in [1.29, 1.82) is 0 Å². The van der Waals surface area contributed by atoms with Gasteiger partial charge in [-0.15, -0.1) is 0 Å². The minimum Gasteiger partial charge on any atom is -0.365 e. The first-order valence-corrected chi connectivity index (χ1v) is 6.52. The summed E-state index contributed by atoms with van der Waals surface area (Å²) in [6, 6.07) is 8.92. The first-order valence-electron chi connectivity index (χ1n) is 5.75. The molecular weight excluding hydrogens is 218 g/mol. The number of anilines is 1. The number of nitrogens with zero attached hydrogens (tertiary/aromatic N) is 1. The van der Waals surface area contributed by atoms with Crippen LogP contribution in [0.3, 0.4) is 0 Å². The molecule has 0 bridgehead atoms. The molecule has 1 saturated heterocycles. The Morgan fingerprint density at radius 2 is 2.31 bits per heavy atom. The van der Waals surface area contributed by atoms with Crippen LogP contribution in [0.15, 0.2) is 24.3 Å². The van der Waals surface area contributed by atoms with Crippen LogP contribution in [0.1, 0.15) is 12.8 Å². The molecule has 0 radical (unpaired) electrons. The highest BCUT2D eigenvalue weighted by Gasteiger charge is 2.14. The number of hydrogen-bond acceptors (Lipinski definition) is 4. The van der Waals surface area contributed by atoms with Crippen molar-refractivity contribution >= 4 is 27.4 Å². The van der Waals surface area contributed by atoms with E-state index in [1.54, 1.807) is 11.5 Å². The number of nitrogens with one attached hydrogen (secondary N) is 2. The molecule has 1 atom stereocenters. The fourth-order valence-electron chi connectivity index (χ4n) is 2.16. The van der Waals surface area contributed by atoms with E-state index < -0.39 is 0 Å². The number of rotatable bonds is 2. The molecule has 16 heavy (non-hydrogen) atoms. The van der Waals surface area contributed by atoms with Gasteiger partial charge in [-0.2, -0.15) is 4.37 Å². The number of benzene rings is 1. The molecule has 3 rings (SSSR count). The highest BCUT2D eigenvalue weighted by molar-refractivity contribution is 7.13. The van der Waals surface area contributed by atoms with Crippen molar-refractivity contribution in [3.05, 3.63) is 24.3 Å². The molecule has 84 valence electrons. The van der Waals surface area contributed by atoms with E-state index in [9.17, 15) is 0 Å². The molecule has 0 unspecified atom stereocenters. The summed E-state index contributed by atoms with van der Waals surface area (Å²) in [4.78, 5) is 0. The summed E-state index contributed by atoms with van der Waals surface area (Å²) in [5.74, 6) is 1.05. The zero-order chi connectivity index (χ0) is 10.8. The molecular formula is C12H15N3S. The maximum absolute atomic E-state index is 4.49. The number of fused-ring (bicyclic) bond motifs is 1. The first kappa shape index (κ1) is 10.1. The van der Waals surface area contributed by atoms with Gasteiger partial charge in [0.05, 0.1) is 4.70 Å². The summed E-state index contributed by atoms with van der Waals surface area (Å²) >= 11 is 1.57. The van der Waals surface area contributed by atoms with Crippen molar-refractivity contribution in [2.45, 2.75) is 18.9 Å². The predicted octanol–water partition coefficient (Wildman–Crippen LogP) is 2.46. The Bertz CT molecular complexity index is 474. The van der Waals surface area contributed by atoms with E-state index in [0.29, 0.717) is 6.04 Å². The van der Waals surface area contributed by atoms with Crippen LogP contribution < -0.4 is 10.6 Å². The summed E-state index contributed by atoms with van der Waals surface area (Å²) < 4.78 is 5.75. The minimum absolute atomic E-state index is 0.527. The summed E-state index contributed by atoms with van der Waals surface area (Å²) in [5, 5.41) is 8.20. The van der Waals surface area contributed by atoms with Crippen molar-refractivity contribution in [2.75, 3.05) is 18.4 Å². The summed E-state index contributed by atoms with van der Waals surface area (Å²) in [6.07, 6.45) is 2.48. The number of hydrogen-bond donors (Lipinski definition) is 2. The Morgan fingerprint density at radius 3 is 3.19 bits per heavy atom. The van der Waals surface area contributed by atoms with Gasteiger partial charge in [0, 0.05) is 18.0 Å². The van der Waals surface area contributed by atoms with Gasteiger partial charge in [0.2, 0.25) is 0 Å². The average Bonchev–Trinajstić information content (AvgIpc) is 2.74. The highest BCUT2D eigenvalue weighted by atomic mass is 32.1. The third-order valence-electron chi connectivity index (χ3n) is 3.02. The molecule has 0 aliphatic carbocycles. The lowest BCUT2D eigenvalue weighted by Crippen LogP contribution is -2.38. The van der Waals surface area contributed by atoms with E-state index >= 15 is 0 Å². The van der Waals surface area contributed by atoms with Crippen LogP contribution in [-0.4, -0.2) is 23.5 Å². The highest BCUT2D eigenvalue weighted by Crippen LogP contribution is 2.27. The van der Waals surface area contributed by atoms with Gasteiger partial charge in [0.25, 0.3) is 0 Å². The van der Waals surface area contributed by atoms with Gasteiger partial charge in [-0.3, -0.25) is 0 Å². The van der Waals surface area contributed by atoms with Gasteiger partial charge in [0.15, 0.2) is 0 Å². The second-order valence-corrected chi connectivity index (χ2v) is 5.02. The largest absolute Gasteiger partial charge is 0.365 e. The lowest BCUT2D eigenvalue weighted by Gasteiger charge is -2.23. The number of aromatic nitrogens is 1. The standard InChI is InChI=1S/C12H15N3S/c1-2-6-11-10(5-1)12(15-16-11)14-9-4-3-7-13-8-9/h1-2,5-6,9,13H,3-4,7-8H2,(H,14,15)/t9-/m0/s1. The predicted molar refractivity (Wildman–Crippen MR) is 69.1 cm³/mol. The Kier molecular flexibility index (Phi) is 2.76. The summed E-state index contributed by atoms with van der Waals surface area (Å²) in [5.41, 5.74) is 0. The maximum atomic E-state index is 4.49. The molecule has 3 nitrogen and oxygen atoms in total. The third kappa shape index (κ3) is 1.90. The van der Waals surface area contributed by atoms with Gasteiger partial charge in [-0.1, -0.05) is 12.1 Å². The lowest BCUT2D eigenvalue weighted by atomic mass is 10.1. The van der Waals surface area contributed by atoms with Gasteiger partial charge in [-0.25, -0.2) is 0 Å². The number of piperidine rings is 1. The van der Waals surface area contributed by atoms with Gasteiger partial charge < -0.3 is 10.6 Å².